The quantitative estimate of drug-likeness (QED) is 0.684. The maximum absolute atomic E-state index is 12.8. The fraction of sp³-hybridized carbons (Fsp3) is 0.350. The lowest BCUT2D eigenvalue weighted by Gasteiger charge is -2.31. The molecule has 1 aromatic carbocycles. The summed E-state index contributed by atoms with van der Waals surface area (Å²) in [7, 11) is -3.53. The summed E-state index contributed by atoms with van der Waals surface area (Å²) in [6.07, 6.45) is 1.34. The number of nitrogens with zero attached hydrogens (tertiary/aromatic N) is 1. The number of benzene rings is 1. The lowest BCUT2D eigenvalue weighted by molar-refractivity contribution is -0.126. The third-order valence-electron chi connectivity index (χ3n) is 5.07. The van der Waals surface area contributed by atoms with Gasteiger partial charge in [0.25, 0.3) is 10.0 Å². The minimum atomic E-state index is -3.53. The van der Waals surface area contributed by atoms with Crippen LogP contribution in [-0.4, -0.2) is 31.7 Å². The number of sulfonamides is 1. The van der Waals surface area contributed by atoms with Crippen LogP contribution in [0.2, 0.25) is 0 Å². The van der Waals surface area contributed by atoms with Gasteiger partial charge in [-0.2, -0.15) is 4.31 Å². The van der Waals surface area contributed by atoms with E-state index in [4.69, 9.17) is 4.42 Å². The van der Waals surface area contributed by atoms with Gasteiger partial charge in [0, 0.05) is 18.5 Å². The molecule has 1 fully saturated rings. The molecule has 0 aliphatic carbocycles. The molecule has 28 heavy (non-hydrogen) atoms. The second-order valence-corrected chi connectivity index (χ2v) is 10.2. The molecule has 3 heterocycles. The highest BCUT2D eigenvalue weighted by atomic mass is 32.2. The lowest BCUT2D eigenvalue weighted by atomic mass is 9.98. The van der Waals surface area contributed by atoms with Gasteiger partial charge in [0.1, 0.15) is 15.6 Å². The Hall–Kier alpha value is -2.16. The molecule has 3 aromatic rings. The SMILES string of the molecule is C[C@@H](NC(=O)[C@H]1CCCN(S(=O)(=O)c2cccs2)C1)c1cc2ccccc2o1. The summed E-state index contributed by atoms with van der Waals surface area (Å²) >= 11 is 1.20. The van der Waals surface area contributed by atoms with E-state index in [0.29, 0.717) is 29.4 Å². The van der Waals surface area contributed by atoms with Crippen LogP contribution in [0, 0.1) is 5.92 Å². The third-order valence-corrected chi connectivity index (χ3v) is 8.31. The van der Waals surface area contributed by atoms with Crippen molar-refractivity contribution in [1.82, 2.24) is 9.62 Å². The molecule has 1 N–H and O–H groups in total. The first-order valence-electron chi connectivity index (χ1n) is 9.27. The van der Waals surface area contributed by atoms with Gasteiger partial charge < -0.3 is 9.73 Å². The van der Waals surface area contributed by atoms with Crippen LogP contribution in [0.25, 0.3) is 11.0 Å². The van der Waals surface area contributed by atoms with Crippen LogP contribution in [0.5, 0.6) is 0 Å². The van der Waals surface area contributed by atoms with Crippen molar-refractivity contribution >= 4 is 38.2 Å². The maximum Gasteiger partial charge on any atom is 0.252 e. The number of hydrogen-bond acceptors (Lipinski definition) is 5. The van der Waals surface area contributed by atoms with E-state index in [-0.39, 0.29) is 24.4 Å². The van der Waals surface area contributed by atoms with Crippen LogP contribution in [0.3, 0.4) is 0 Å². The van der Waals surface area contributed by atoms with Gasteiger partial charge in [-0.3, -0.25) is 4.79 Å². The highest BCUT2D eigenvalue weighted by molar-refractivity contribution is 7.91. The standard InChI is InChI=1S/C20H22N2O4S2/c1-14(18-12-15-6-2-3-8-17(15)26-18)21-20(23)16-7-4-10-22(13-16)28(24,25)19-9-5-11-27-19/h2-3,5-6,8-9,11-12,14,16H,4,7,10,13H2,1H3,(H,21,23)/t14-,16+/m1/s1. The molecule has 4 rings (SSSR count). The zero-order chi connectivity index (χ0) is 19.7. The first kappa shape index (κ1) is 19.2. The van der Waals surface area contributed by atoms with Gasteiger partial charge in [0.2, 0.25) is 5.91 Å². The normalized spacial score (nSPS) is 19.5. The van der Waals surface area contributed by atoms with E-state index in [9.17, 15) is 13.2 Å². The van der Waals surface area contributed by atoms with Gasteiger partial charge in [0.05, 0.1) is 12.0 Å². The summed E-state index contributed by atoms with van der Waals surface area (Å²) in [5.74, 6) is 0.183. The number of hydrogen-bond donors (Lipinski definition) is 1. The van der Waals surface area contributed by atoms with Crippen LogP contribution in [0.1, 0.15) is 31.6 Å². The van der Waals surface area contributed by atoms with E-state index in [1.807, 2.05) is 37.3 Å². The Morgan fingerprint density at radius 2 is 2.11 bits per heavy atom. The first-order chi connectivity index (χ1) is 13.4. The number of piperidine rings is 1. The van der Waals surface area contributed by atoms with E-state index in [2.05, 4.69) is 5.32 Å². The van der Waals surface area contributed by atoms with Gasteiger partial charge in [-0.1, -0.05) is 24.3 Å². The number of amides is 1. The van der Waals surface area contributed by atoms with Crippen molar-refractivity contribution < 1.29 is 17.6 Å². The van der Waals surface area contributed by atoms with Crippen molar-refractivity contribution in [2.45, 2.75) is 30.0 Å². The predicted molar refractivity (Wildman–Crippen MR) is 109 cm³/mol. The topological polar surface area (TPSA) is 79.6 Å². The molecule has 0 bridgehead atoms. The van der Waals surface area contributed by atoms with Crippen molar-refractivity contribution in [2.75, 3.05) is 13.1 Å². The number of nitrogens with one attached hydrogen (secondary N) is 1. The molecule has 6 nitrogen and oxygen atoms in total. The van der Waals surface area contributed by atoms with Crippen molar-refractivity contribution in [2.24, 2.45) is 5.92 Å². The van der Waals surface area contributed by atoms with Crippen molar-refractivity contribution in [3.63, 3.8) is 0 Å². The summed E-state index contributed by atoms with van der Waals surface area (Å²) in [5, 5.41) is 5.72. The van der Waals surface area contributed by atoms with E-state index >= 15 is 0 Å². The average molecular weight is 419 g/mol. The molecular weight excluding hydrogens is 396 g/mol. The smallest absolute Gasteiger partial charge is 0.252 e. The molecule has 0 unspecified atom stereocenters. The molecule has 0 spiro atoms. The highest BCUT2D eigenvalue weighted by Gasteiger charge is 2.34. The Morgan fingerprint density at radius 3 is 2.86 bits per heavy atom. The fourth-order valence-electron chi connectivity index (χ4n) is 3.53. The van der Waals surface area contributed by atoms with Crippen LogP contribution in [-0.2, 0) is 14.8 Å². The van der Waals surface area contributed by atoms with Crippen molar-refractivity contribution in [1.29, 1.82) is 0 Å². The van der Waals surface area contributed by atoms with Gasteiger partial charge in [-0.05, 0) is 43.3 Å². The molecule has 1 saturated heterocycles. The van der Waals surface area contributed by atoms with Gasteiger partial charge in [-0.15, -0.1) is 11.3 Å². The average Bonchev–Trinajstić information content (AvgIpc) is 3.38. The zero-order valence-corrected chi connectivity index (χ0v) is 17.1. The third kappa shape index (κ3) is 3.72. The van der Waals surface area contributed by atoms with Crippen LogP contribution < -0.4 is 5.32 Å². The number of carbonyl (C=O) groups is 1. The molecule has 2 aromatic heterocycles. The number of thiophene rings is 1. The van der Waals surface area contributed by atoms with Crippen LogP contribution in [0.15, 0.2) is 56.5 Å². The van der Waals surface area contributed by atoms with E-state index in [1.165, 1.54) is 15.6 Å². The first-order valence-corrected chi connectivity index (χ1v) is 11.6. The highest BCUT2D eigenvalue weighted by Crippen LogP contribution is 2.28. The van der Waals surface area contributed by atoms with Gasteiger partial charge in [0.15, 0.2) is 0 Å². The summed E-state index contributed by atoms with van der Waals surface area (Å²) in [6, 6.07) is 12.7. The van der Waals surface area contributed by atoms with Gasteiger partial charge >= 0.3 is 0 Å². The lowest BCUT2D eigenvalue weighted by Crippen LogP contribution is -2.45. The second-order valence-electron chi connectivity index (χ2n) is 7.05. The Labute approximate surface area is 168 Å². The molecular formula is C20H22N2O4S2. The molecule has 0 radical (unpaired) electrons. The zero-order valence-electron chi connectivity index (χ0n) is 15.5. The monoisotopic (exact) mass is 418 g/mol. The number of carbonyl (C=O) groups excluding carboxylic acids is 1. The van der Waals surface area contributed by atoms with Crippen molar-refractivity contribution in [3.05, 3.63) is 53.6 Å². The molecule has 2 atom stereocenters. The molecule has 148 valence electrons. The van der Waals surface area contributed by atoms with Crippen LogP contribution >= 0.6 is 11.3 Å². The minimum Gasteiger partial charge on any atom is -0.459 e. The number of fused-ring (bicyclic) bond motifs is 1. The number of rotatable bonds is 5. The van der Waals surface area contributed by atoms with E-state index < -0.39 is 10.0 Å². The Balaban J connectivity index is 1.44. The second kappa shape index (κ2) is 7.69. The van der Waals surface area contributed by atoms with E-state index in [0.717, 1.165) is 11.0 Å². The largest absolute Gasteiger partial charge is 0.459 e. The molecule has 1 aliphatic heterocycles. The Morgan fingerprint density at radius 1 is 1.29 bits per heavy atom. The summed E-state index contributed by atoms with van der Waals surface area (Å²) in [5.41, 5.74) is 0.782. The minimum absolute atomic E-state index is 0.140. The van der Waals surface area contributed by atoms with Crippen LogP contribution in [0.4, 0.5) is 0 Å². The number of furan rings is 1. The van der Waals surface area contributed by atoms with Gasteiger partial charge in [-0.25, -0.2) is 8.42 Å². The molecule has 8 heteroatoms. The predicted octanol–water partition coefficient (Wildman–Crippen LogP) is 3.77. The maximum atomic E-state index is 12.8. The summed E-state index contributed by atoms with van der Waals surface area (Å²) in [4.78, 5) is 12.8. The molecule has 1 amide bonds. The van der Waals surface area contributed by atoms with E-state index in [1.54, 1.807) is 17.5 Å². The summed E-state index contributed by atoms with van der Waals surface area (Å²) < 4.78 is 33.1. The Kier molecular flexibility index (Phi) is 5.27. The summed E-state index contributed by atoms with van der Waals surface area (Å²) in [6.45, 7) is 2.53. The fourth-order valence-corrected chi connectivity index (χ4v) is 6.20. The molecule has 0 saturated carbocycles. The molecule has 1 aliphatic rings. The number of para-hydroxylation sites is 1. The van der Waals surface area contributed by atoms with Crippen molar-refractivity contribution in [3.8, 4) is 0 Å². The Bertz CT molecular complexity index is 1040.